The van der Waals surface area contributed by atoms with E-state index in [4.69, 9.17) is 16.3 Å². The van der Waals surface area contributed by atoms with Crippen molar-refractivity contribution in [1.29, 1.82) is 0 Å². The third-order valence-corrected chi connectivity index (χ3v) is 4.40. The molecule has 0 aliphatic rings. The second kappa shape index (κ2) is 7.96. The molecule has 1 unspecified atom stereocenters. The Labute approximate surface area is 126 Å². The lowest BCUT2D eigenvalue weighted by molar-refractivity contribution is -0.0468. The maximum absolute atomic E-state index is 13.2. The molecule has 2 nitrogen and oxygen atoms in total. The number of hydrogen-bond acceptors (Lipinski definition) is 2. The first kappa shape index (κ1) is 17.4. The molecule has 1 aromatic carbocycles. The smallest absolute Gasteiger partial charge is 0.141 e. The van der Waals surface area contributed by atoms with E-state index in [1.165, 1.54) is 6.07 Å². The molecule has 20 heavy (non-hydrogen) atoms. The summed E-state index contributed by atoms with van der Waals surface area (Å²) >= 11 is 5.86. The van der Waals surface area contributed by atoms with Crippen LogP contribution in [0.3, 0.4) is 0 Å². The van der Waals surface area contributed by atoms with Gasteiger partial charge in [-0.05, 0) is 43.5 Å². The molecule has 1 N–H and O–H groups in total. The zero-order valence-electron chi connectivity index (χ0n) is 12.8. The highest BCUT2D eigenvalue weighted by molar-refractivity contribution is 6.30. The number of benzene rings is 1. The molecule has 0 bridgehead atoms. The molecule has 0 aromatic heterocycles. The van der Waals surface area contributed by atoms with Crippen LogP contribution in [0.4, 0.5) is 4.39 Å². The van der Waals surface area contributed by atoms with Crippen molar-refractivity contribution in [2.24, 2.45) is 0 Å². The summed E-state index contributed by atoms with van der Waals surface area (Å²) in [5.41, 5.74) is 0.808. The van der Waals surface area contributed by atoms with Crippen molar-refractivity contribution in [3.05, 3.63) is 34.6 Å². The van der Waals surface area contributed by atoms with Gasteiger partial charge in [-0.2, -0.15) is 0 Å². The van der Waals surface area contributed by atoms with E-state index in [9.17, 15) is 4.39 Å². The zero-order chi connectivity index (χ0) is 15.2. The predicted molar refractivity (Wildman–Crippen MR) is 82.9 cm³/mol. The Morgan fingerprint density at radius 2 is 1.95 bits per heavy atom. The number of hydrogen-bond donors (Lipinski definition) is 1. The van der Waals surface area contributed by atoms with Gasteiger partial charge in [-0.25, -0.2) is 4.39 Å². The first-order chi connectivity index (χ1) is 9.52. The Morgan fingerprint density at radius 3 is 2.40 bits per heavy atom. The number of methoxy groups -OCH3 is 1. The lowest BCUT2D eigenvalue weighted by atomic mass is 9.84. The molecule has 0 amide bonds. The van der Waals surface area contributed by atoms with E-state index in [-0.39, 0.29) is 22.5 Å². The van der Waals surface area contributed by atoms with E-state index in [2.05, 4.69) is 26.1 Å². The van der Waals surface area contributed by atoms with Crippen molar-refractivity contribution in [2.45, 2.75) is 51.7 Å². The van der Waals surface area contributed by atoms with Gasteiger partial charge >= 0.3 is 0 Å². The quantitative estimate of drug-likeness (QED) is 0.777. The Morgan fingerprint density at radius 1 is 1.30 bits per heavy atom. The van der Waals surface area contributed by atoms with Gasteiger partial charge in [0.25, 0.3) is 0 Å². The molecule has 114 valence electrons. The van der Waals surface area contributed by atoms with Crippen molar-refractivity contribution >= 4 is 11.6 Å². The number of halogens is 2. The second-order valence-corrected chi connectivity index (χ2v) is 5.45. The van der Waals surface area contributed by atoms with Gasteiger partial charge in [-0.1, -0.05) is 38.4 Å². The molecule has 4 heteroatoms. The Hall–Kier alpha value is -0.640. The minimum absolute atomic E-state index is 0.175. The van der Waals surface area contributed by atoms with Gasteiger partial charge in [0.05, 0.1) is 10.6 Å². The molecule has 0 radical (unpaired) electrons. The van der Waals surface area contributed by atoms with Crippen molar-refractivity contribution in [3.8, 4) is 0 Å². The van der Waals surface area contributed by atoms with E-state index in [1.807, 2.05) is 0 Å². The lowest BCUT2D eigenvalue weighted by Crippen LogP contribution is -2.52. The zero-order valence-corrected chi connectivity index (χ0v) is 13.6. The average molecular weight is 302 g/mol. The lowest BCUT2D eigenvalue weighted by Gasteiger charge is -2.39. The summed E-state index contributed by atoms with van der Waals surface area (Å²) in [5.74, 6) is -0.376. The van der Waals surface area contributed by atoms with Crippen molar-refractivity contribution in [1.82, 2.24) is 5.32 Å². The number of rotatable bonds is 8. The van der Waals surface area contributed by atoms with Gasteiger partial charge < -0.3 is 10.1 Å². The summed E-state index contributed by atoms with van der Waals surface area (Å²) in [5, 5.41) is 3.67. The predicted octanol–water partition coefficient (Wildman–Crippen LogP) is 4.20. The number of nitrogens with one attached hydrogen (secondary N) is 1. The van der Waals surface area contributed by atoms with Crippen LogP contribution < -0.4 is 5.32 Å². The SMILES string of the molecule is CCNC(Cc1ccc(F)c(Cl)c1)C(CC)(CC)OC. The molecule has 0 fully saturated rings. The topological polar surface area (TPSA) is 21.3 Å². The summed E-state index contributed by atoms with van der Waals surface area (Å²) in [7, 11) is 1.76. The molecule has 0 spiro atoms. The fraction of sp³-hybridized carbons (Fsp3) is 0.625. The van der Waals surface area contributed by atoms with Crippen LogP contribution in [-0.2, 0) is 11.2 Å². The van der Waals surface area contributed by atoms with Crippen molar-refractivity contribution in [3.63, 3.8) is 0 Å². The van der Waals surface area contributed by atoms with Crippen LogP contribution in [0.15, 0.2) is 18.2 Å². The number of likely N-dealkylation sites (N-methyl/N-ethyl adjacent to an activating group) is 1. The van der Waals surface area contributed by atoms with Crippen molar-refractivity contribution in [2.75, 3.05) is 13.7 Å². The van der Waals surface area contributed by atoms with Gasteiger partial charge in [-0.15, -0.1) is 0 Å². The summed E-state index contributed by atoms with van der Waals surface area (Å²) in [4.78, 5) is 0. The first-order valence-electron chi connectivity index (χ1n) is 7.25. The maximum Gasteiger partial charge on any atom is 0.141 e. The highest BCUT2D eigenvalue weighted by Gasteiger charge is 2.35. The highest BCUT2D eigenvalue weighted by Crippen LogP contribution is 2.27. The highest BCUT2D eigenvalue weighted by atomic mass is 35.5. The van der Waals surface area contributed by atoms with Crippen molar-refractivity contribution < 1.29 is 9.13 Å². The van der Waals surface area contributed by atoms with E-state index in [0.717, 1.165) is 31.4 Å². The summed E-state index contributed by atoms with van der Waals surface area (Å²) in [6.45, 7) is 7.21. The summed E-state index contributed by atoms with van der Waals surface area (Å²) < 4.78 is 19.1. The molecule has 0 aliphatic heterocycles. The largest absolute Gasteiger partial charge is 0.377 e. The normalized spacial score (nSPS) is 13.5. The second-order valence-electron chi connectivity index (χ2n) is 5.04. The van der Waals surface area contributed by atoms with Crippen LogP contribution >= 0.6 is 11.6 Å². The molecular weight excluding hydrogens is 277 g/mol. The van der Waals surface area contributed by atoms with Gasteiger partial charge in [0.2, 0.25) is 0 Å². The molecule has 1 atom stereocenters. The Bertz CT molecular complexity index is 413. The first-order valence-corrected chi connectivity index (χ1v) is 7.63. The third-order valence-electron chi connectivity index (χ3n) is 4.11. The van der Waals surface area contributed by atoms with Crippen LogP contribution in [0.1, 0.15) is 39.2 Å². The van der Waals surface area contributed by atoms with Gasteiger partial charge in [-0.3, -0.25) is 0 Å². The van der Waals surface area contributed by atoms with Crippen LogP contribution in [0.5, 0.6) is 0 Å². The fourth-order valence-electron chi connectivity index (χ4n) is 2.77. The molecular formula is C16H25ClFNO. The molecule has 0 saturated heterocycles. The summed E-state index contributed by atoms with van der Waals surface area (Å²) in [6.07, 6.45) is 2.61. The minimum Gasteiger partial charge on any atom is -0.377 e. The van der Waals surface area contributed by atoms with E-state index < -0.39 is 0 Å². The molecule has 0 saturated carbocycles. The maximum atomic E-state index is 13.2. The Kier molecular flexibility index (Phi) is 6.93. The minimum atomic E-state index is -0.376. The monoisotopic (exact) mass is 301 g/mol. The van der Waals surface area contributed by atoms with Crippen LogP contribution in [0.2, 0.25) is 5.02 Å². The standard InChI is InChI=1S/C16H25ClFNO/c1-5-16(6-2,20-4)15(19-7-3)11-12-8-9-14(18)13(17)10-12/h8-10,15,19H,5-7,11H2,1-4H3. The fourth-order valence-corrected chi connectivity index (χ4v) is 2.97. The van der Waals surface area contributed by atoms with Crippen LogP contribution in [0.25, 0.3) is 0 Å². The van der Waals surface area contributed by atoms with Crippen LogP contribution in [-0.4, -0.2) is 25.3 Å². The van der Waals surface area contributed by atoms with E-state index in [1.54, 1.807) is 19.2 Å². The molecule has 0 aliphatic carbocycles. The third kappa shape index (κ3) is 3.94. The van der Waals surface area contributed by atoms with Gasteiger partial charge in [0.15, 0.2) is 0 Å². The molecule has 0 heterocycles. The van der Waals surface area contributed by atoms with E-state index >= 15 is 0 Å². The van der Waals surface area contributed by atoms with Gasteiger partial charge in [0.1, 0.15) is 5.82 Å². The number of ether oxygens (including phenoxy) is 1. The molecule has 1 rings (SSSR count). The van der Waals surface area contributed by atoms with E-state index in [0.29, 0.717) is 0 Å². The van der Waals surface area contributed by atoms with Crippen LogP contribution in [0, 0.1) is 5.82 Å². The Balaban J connectivity index is 2.98. The van der Waals surface area contributed by atoms with Gasteiger partial charge in [0, 0.05) is 13.2 Å². The summed E-state index contributed by atoms with van der Waals surface area (Å²) in [6, 6.07) is 5.09. The molecule has 1 aromatic rings. The average Bonchev–Trinajstić information content (AvgIpc) is 2.45.